The van der Waals surface area contributed by atoms with Gasteiger partial charge in [0, 0.05) is 40.9 Å². The zero-order valence-corrected chi connectivity index (χ0v) is 19.3. The number of aromatic nitrogens is 1. The molecule has 3 aromatic rings. The highest BCUT2D eigenvalue weighted by Crippen LogP contribution is 2.56. The fourth-order valence-corrected chi connectivity index (χ4v) is 5.71. The van der Waals surface area contributed by atoms with E-state index in [-0.39, 0.29) is 18.6 Å². The summed E-state index contributed by atoms with van der Waals surface area (Å²) in [6, 6.07) is 8.89. The quantitative estimate of drug-likeness (QED) is 0.552. The van der Waals surface area contributed by atoms with Gasteiger partial charge in [-0.25, -0.2) is 13.6 Å². The molecule has 0 atom stereocenters. The number of methoxy groups -OCH3 is 1. The summed E-state index contributed by atoms with van der Waals surface area (Å²) in [6.45, 7) is 4.35. The van der Waals surface area contributed by atoms with E-state index in [1.54, 1.807) is 12.1 Å². The number of carboxylic acid groups (broad SMARTS) is 1. The molecular formula is C26H27F2NO5. The maximum Gasteiger partial charge on any atom is 0.335 e. The summed E-state index contributed by atoms with van der Waals surface area (Å²) in [5.41, 5.74) is 0.0349. The smallest absolute Gasteiger partial charge is 0.335 e. The zero-order valence-electron chi connectivity index (χ0n) is 19.3. The average Bonchev–Trinajstić information content (AvgIpc) is 3.18. The molecule has 6 nitrogen and oxygen atoms in total. The van der Waals surface area contributed by atoms with Gasteiger partial charge >= 0.3 is 5.97 Å². The Morgan fingerprint density at radius 2 is 1.79 bits per heavy atom. The van der Waals surface area contributed by atoms with E-state index in [2.05, 4.69) is 0 Å². The molecule has 1 aromatic heterocycles. The summed E-state index contributed by atoms with van der Waals surface area (Å²) in [7, 11) is 1.41. The van der Waals surface area contributed by atoms with Crippen LogP contribution < -0.4 is 0 Å². The molecule has 180 valence electrons. The maximum atomic E-state index is 14.3. The molecule has 1 fully saturated rings. The number of halogens is 2. The third kappa shape index (κ3) is 3.08. The molecule has 2 N–H and O–H groups in total. The molecule has 0 bridgehead atoms. The summed E-state index contributed by atoms with van der Waals surface area (Å²) in [5, 5.41) is 21.4. The number of hydrogen-bond donors (Lipinski definition) is 2. The SMILES string of the molecule is COC1(C(=O)O)CCC2(CC1)OCC(C)(C)c1c2c2c(O)cccc2n1-c1ccc(F)c(F)c1. The Balaban J connectivity index is 1.80. The van der Waals surface area contributed by atoms with Crippen LogP contribution in [0.5, 0.6) is 5.75 Å². The molecular weight excluding hydrogens is 444 g/mol. The highest BCUT2D eigenvalue weighted by atomic mass is 19.2. The minimum atomic E-state index is -1.29. The van der Waals surface area contributed by atoms with Gasteiger partial charge in [0.25, 0.3) is 0 Å². The minimum absolute atomic E-state index is 0.0533. The van der Waals surface area contributed by atoms with Crippen molar-refractivity contribution in [2.24, 2.45) is 0 Å². The molecule has 2 aliphatic rings. The molecule has 1 saturated carbocycles. The van der Waals surface area contributed by atoms with Gasteiger partial charge in [0.1, 0.15) is 5.75 Å². The van der Waals surface area contributed by atoms with Crippen LogP contribution in [0.4, 0.5) is 8.78 Å². The Hall–Kier alpha value is -2.97. The predicted molar refractivity (Wildman–Crippen MR) is 121 cm³/mol. The van der Waals surface area contributed by atoms with E-state index in [1.165, 1.54) is 13.2 Å². The van der Waals surface area contributed by atoms with Crippen LogP contribution in [-0.2, 0) is 25.3 Å². The first-order valence-electron chi connectivity index (χ1n) is 11.3. The van der Waals surface area contributed by atoms with Crippen LogP contribution in [0.15, 0.2) is 36.4 Å². The van der Waals surface area contributed by atoms with Crippen LogP contribution in [0, 0.1) is 11.6 Å². The molecule has 1 spiro atoms. The molecule has 2 aromatic carbocycles. The van der Waals surface area contributed by atoms with E-state index in [0.29, 0.717) is 36.0 Å². The fraction of sp³-hybridized carbons (Fsp3) is 0.423. The normalized spacial score (nSPS) is 26.0. The third-order valence-electron chi connectivity index (χ3n) is 7.58. The summed E-state index contributed by atoms with van der Waals surface area (Å²) in [6.07, 6.45) is 1.23. The lowest BCUT2D eigenvalue weighted by atomic mass is 9.68. The first-order valence-corrected chi connectivity index (χ1v) is 11.3. The Morgan fingerprint density at radius 3 is 2.41 bits per heavy atom. The van der Waals surface area contributed by atoms with Crippen molar-refractivity contribution in [3.63, 3.8) is 0 Å². The Bertz CT molecular complexity index is 1300. The van der Waals surface area contributed by atoms with Crippen LogP contribution in [-0.4, -0.2) is 40.1 Å². The zero-order chi connectivity index (χ0) is 24.5. The number of carboxylic acids is 1. The van der Waals surface area contributed by atoms with E-state index in [0.717, 1.165) is 23.4 Å². The molecule has 34 heavy (non-hydrogen) atoms. The molecule has 5 rings (SSSR count). The van der Waals surface area contributed by atoms with Crippen molar-refractivity contribution in [1.29, 1.82) is 0 Å². The molecule has 0 saturated heterocycles. The van der Waals surface area contributed by atoms with E-state index in [1.807, 2.05) is 24.5 Å². The number of aliphatic carboxylic acids is 1. The van der Waals surface area contributed by atoms with E-state index >= 15 is 0 Å². The van der Waals surface area contributed by atoms with Crippen LogP contribution in [0.25, 0.3) is 16.6 Å². The second-order valence-corrected chi connectivity index (χ2v) is 10.00. The average molecular weight is 472 g/mol. The number of phenolic OH excluding ortho intramolecular Hbond substituents is 1. The molecule has 2 heterocycles. The van der Waals surface area contributed by atoms with Gasteiger partial charge in [0.2, 0.25) is 0 Å². The van der Waals surface area contributed by atoms with Crippen molar-refractivity contribution in [3.05, 3.63) is 59.3 Å². The van der Waals surface area contributed by atoms with Gasteiger partial charge in [-0.1, -0.05) is 19.9 Å². The van der Waals surface area contributed by atoms with Crippen molar-refractivity contribution >= 4 is 16.9 Å². The maximum absolute atomic E-state index is 14.3. The van der Waals surface area contributed by atoms with Gasteiger partial charge in [-0.3, -0.25) is 0 Å². The highest BCUT2D eigenvalue weighted by Gasteiger charge is 2.54. The topological polar surface area (TPSA) is 80.9 Å². The second-order valence-electron chi connectivity index (χ2n) is 10.00. The summed E-state index contributed by atoms with van der Waals surface area (Å²) < 4.78 is 41.9. The van der Waals surface area contributed by atoms with Crippen molar-refractivity contribution < 1.29 is 33.3 Å². The summed E-state index contributed by atoms with van der Waals surface area (Å²) in [5.74, 6) is -2.85. The first kappa shape index (κ1) is 22.8. The molecule has 0 unspecified atom stereocenters. The van der Waals surface area contributed by atoms with Gasteiger partial charge < -0.3 is 24.3 Å². The highest BCUT2D eigenvalue weighted by molar-refractivity contribution is 5.94. The number of nitrogens with zero attached hydrogens (tertiary/aromatic N) is 1. The number of ether oxygens (including phenoxy) is 2. The third-order valence-corrected chi connectivity index (χ3v) is 7.58. The number of carbonyl (C=O) groups is 1. The lowest BCUT2D eigenvalue weighted by molar-refractivity contribution is -0.182. The molecule has 0 amide bonds. The predicted octanol–water partition coefficient (Wildman–Crippen LogP) is 5.16. The van der Waals surface area contributed by atoms with Crippen LogP contribution >= 0.6 is 0 Å². The van der Waals surface area contributed by atoms with Crippen LogP contribution in [0.1, 0.15) is 50.8 Å². The molecule has 1 aliphatic carbocycles. The fourth-order valence-electron chi connectivity index (χ4n) is 5.71. The van der Waals surface area contributed by atoms with Crippen molar-refractivity contribution in [2.75, 3.05) is 13.7 Å². The molecule has 1 aliphatic heterocycles. The van der Waals surface area contributed by atoms with Crippen molar-refractivity contribution in [2.45, 2.75) is 56.1 Å². The number of rotatable bonds is 3. The van der Waals surface area contributed by atoms with Gasteiger partial charge in [-0.05, 0) is 49.9 Å². The number of benzene rings is 2. The van der Waals surface area contributed by atoms with Gasteiger partial charge in [-0.2, -0.15) is 0 Å². The summed E-state index contributed by atoms with van der Waals surface area (Å²) in [4.78, 5) is 12.0. The Labute approximate surface area is 195 Å². The van der Waals surface area contributed by atoms with Gasteiger partial charge in [-0.15, -0.1) is 0 Å². The number of aromatic hydroxyl groups is 1. The number of hydrogen-bond acceptors (Lipinski definition) is 4. The lowest BCUT2D eigenvalue weighted by Gasteiger charge is -2.49. The van der Waals surface area contributed by atoms with Crippen molar-refractivity contribution in [1.82, 2.24) is 4.57 Å². The number of fused-ring (bicyclic) bond motifs is 4. The van der Waals surface area contributed by atoms with E-state index in [4.69, 9.17) is 9.47 Å². The standard InChI is InChI=1S/C26H27F2NO5/c1-24(2)14-34-25(9-11-26(33-3,12-10-25)23(31)32)21-20-18(5-4-6-19(20)30)29(22(21)24)15-7-8-16(27)17(28)13-15/h4-8,13,30H,9-12,14H2,1-3H3,(H,31,32). The molecule has 8 heteroatoms. The number of phenols is 1. The largest absolute Gasteiger partial charge is 0.507 e. The van der Waals surface area contributed by atoms with Crippen molar-refractivity contribution in [3.8, 4) is 11.4 Å². The van der Waals surface area contributed by atoms with Crippen LogP contribution in [0.3, 0.4) is 0 Å². The second kappa shape index (κ2) is 7.52. The summed E-state index contributed by atoms with van der Waals surface area (Å²) >= 11 is 0. The Morgan fingerprint density at radius 1 is 1.09 bits per heavy atom. The van der Waals surface area contributed by atoms with Gasteiger partial charge in [0.15, 0.2) is 17.2 Å². The van der Waals surface area contributed by atoms with Crippen LogP contribution in [0.2, 0.25) is 0 Å². The van der Waals surface area contributed by atoms with E-state index in [9.17, 15) is 23.8 Å². The Kier molecular flexibility index (Phi) is 5.04. The molecule has 0 radical (unpaired) electrons. The van der Waals surface area contributed by atoms with Gasteiger partial charge in [0.05, 0.1) is 17.7 Å². The minimum Gasteiger partial charge on any atom is -0.507 e. The first-order chi connectivity index (χ1) is 16.1. The van der Waals surface area contributed by atoms with E-state index < -0.39 is 34.2 Å². The monoisotopic (exact) mass is 471 g/mol. The lowest BCUT2D eigenvalue weighted by Crippen LogP contribution is -2.52.